The van der Waals surface area contributed by atoms with Crippen molar-refractivity contribution in [1.29, 1.82) is 0 Å². The van der Waals surface area contributed by atoms with Crippen molar-refractivity contribution in [2.24, 2.45) is 11.8 Å². The second-order valence-corrected chi connectivity index (χ2v) is 6.50. The quantitative estimate of drug-likeness (QED) is 0.788. The Morgan fingerprint density at radius 1 is 1.09 bits per heavy atom. The lowest BCUT2D eigenvalue weighted by molar-refractivity contribution is -0.121. The highest BCUT2D eigenvalue weighted by Gasteiger charge is 2.41. The van der Waals surface area contributed by atoms with E-state index in [1.54, 1.807) is 12.1 Å². The number of fused-ring (bicyclic) bond motifs is 2. The van der Waals surface area contributed by atoms with Gasteiger partial charge >= 0.3 is 5.97 Å². The van der Waals surface area contributed by atoms with Crippen molar-refractivity contribution in [2.45, 2.75) is 44.2 Å². The molecule has 0 radical (unpaired) electrons. The molecule has 0 saturated heterocycles. The van der Waals surface area contributed by atoms with Crippen LogP contribution in [0.4, 0.5) is 0 Å². The lowest BCUT2D eigenvalue weighted by Crippen LogP contribution is -2.44. The van der Waals surface area contributed by atoms with Gasteiger partial charge in [-0.25, -0.2) is 4.79 Å². The van der Waals surface area contributed by atoms with Crippen LogP contribution in [0, 0.1) is 11.8 Å². The predicted molar refractivity (Wildman–Crippen MR) is 80.5 cm³/mol. The first-order chi connectivity index (χ1) is 10.5. The van der Waals surface area contributed by atoms with Crippen molar-refractivity contribution in [3.05, 3.63) is 35.4 Å². The molecule has 0 heterocycles. The van der Waals surface area contributed by atoms with Gasteiger partial charge in [0.15, 0.2) is 0 Å². The van der Waals surface area contributed by atoms with Gasteiger partial charge in [-0.3, -0.25) is 4.79 Å². The first kappa shape index (κ1) is 15.0. The monoisotopic (exact) mass is 303 g/mol. The van der Waals surface area contributed by atoms with E-state index in [1.807, 2.05) is 0 Å². The maximum Gasteiger partial charge on any atom is 0.335 e. The van der Waals surface area contributed by atoms with Crippen molar-refractivity contribution in [3.8, 4) is 0 Å². The smallest absolute Gasteiger partial charge is 0.335 e. The third-order valence-electron chi connectivity index (χ3n) is 4.98. The van der Waals surface area contributed by atoms with Crippen LogP contribution in [0.1, 0.15) is 41.6 Å². The molecule has 1 amide bonds. The number of amides is 1. The zero-order valence-electron chi connectivity index (χ0n) is 12.4. The number of hydrogen-bond donors (Lipinski definition) is 3. The Morgan fingerprint density at radius 2 is 1.68 bits per heavy atom. The molecule has 118 valence electrons. The van der Waals surface area contributed by atoms with E-state index in [4.69, 9.17) is 5.11 Å². The standard InChI is InChI=1S/C17H21NO4/c19-15(7-10-1-3-11(4-2-10)17(21)22)18-14-8-12-5-6-13(9-14)16(12)20/h1-4,12-14,16,20H,5-9H2,(H,18,19)(H,21,22)/t12-,13+,14?,16?. The van der Waals surface area contributed by atoms with Gasteiger partial charge in [-0.2, -0.15) is 0 Å². The fourth-order valence-electron chi connectivity index (χ4n) is 3.84. The van der Waals surface area contributed by atoms with Gasteiger partial charge in [0, 0.05) is 6.04 Å². The minimum absolute atomic E-state index is 0.0381. The first-order valence-corrected chi connectivity index (χ1v) is 7.82. The van der Waals surface area contributed by atoms with Crippen LogP contribution in [0.15, 0.2) is 24.3 Å². The lowest BCUT2D eigenvalue weighted by atomic mass is 9.83. The number of carbonyl (C=O) groups excluding carboxylic acids is 1. The van der Waals surface area contributed by atoms with E-state index in [0.29, 0.717) is 11.8 Å². The zero-order valence-corrected chi connectivity index (χ0v) is 12.4. The summed E-state index contributed by atoms with van der Waals surface area (Å²) in [5.41, 5.74) is 1.03. The minimum atomic E-state index is -0.966. The molecule has 4 atom stereocenters. The number of aromatic carboxylic acids is 1. The summed E-state index contributed by atoms with van der Waals surface area (Å²) in [5.74, 6) is -0.339. The summed E-state index contributed by atoms with van der Waals surface area (Å²) in [4.78, 5) is 22.9. The summed E-state index contributed by atoms with van der Waals surface area (Å²) in [5, 5.41) is 21.9. The average Bonchev–Trinajstić information content (AvgIpc) is 2.70. The highest BCUT2D eigenvalue weighted by atomic mass is 16.4. The van der Waals surface area contributed by atoms with Gasteiger partial charge in [0.05, 0.1) is 18.1 Å². The van der Waals surface area contributed by atoms with Crippen molar-refractivity contribution in [3.63, 3.8) is 0 Å². The van der Waals surface area contributed by atoms with Crippen molar-refractivity contribution in [1.82, 2.24) is 5.32 Å². The Bertz CT molecular complexity index is 555. The Balaban J connectivity index is 1.53. The summed E-state index contributed by atoms with van der Waals surface area (Å²) < 4.78 is 0. The zero-order chi connectivity index (χ0) is 15.7. The summed E-state index contributed by atoms with van der Waals surface area (Å²) in [6.07, 6.45) is 3.93. The van der Waals surface area contributed by atoms with Gasteiger partial charge in [-0.15, -0.1) is 0 Å². The summed E-state index contributed by atoms with van der Waals surface area (Å²) in [6.45, 7) is 0. The molecular weight excluding hydrogens is 282 g/mol. The van der Waals surface area contributed by atoms with Gasteiger partial charge < -0.3 is 15.5 Å². The molecule has 2 fully saturated rings. The van der Waals surface area contributed by atoms with Crippen LogP contribution in [0.3, 0.4) is 0 Å². The molecule has 0 spiro atoms. The van der Waals surface area contributed by atoms with Crippen molar-refractivity contribution >= 4 is 11.9 Å². The topological polar surface area (TPSA) is 86.6 Å². The number of carbonyl (C=O) groups is 2. The van der Waals surface area contributed by atoms with Crippen LogP contribution in [0.5, 0.6) is 0 Å². The van der Waals surface area contributed by atoms with Crippen molar-refractivity contribution in [2.75, 3.05) is 0 Å². The molecule has 2 bridgehead atoms. The van der Waals surface area contributed by atoms with Gasteiger partial charge in [0.1, 0.15) is 0 Å². The Labute approximate surface area is 129 Å². The Morgan fingerprint density at radius 3 is 2.23 bits per heavy atom. The van der Waals surface area contributed by atoms with Crippen LogP contribution in [-0.4, -0.2) is 34.2 Å². The maximum atomic E-state index is 12.1. The van der Waals surface area contributed by atoms with E-state index in [9.17, 15) is 14.7 Å². The van der Waals surface area contributed by atoms with Crippen LogP contribution >= 0.6 is 0 Å². The molecule has 22 heavy (non-hydrogen) atoms. The average molecular weight is 303 g/mol. The molecule has 2 saturated carbocycles. The third kappa shape index (κ3) is 3.14. The Kier molecular flexibility index (Phi) is 4.16. The van der Waals surface area contributed by atoms with Gasteiger partial charge in [-0.05, 0) is 55.2 Å². The van der Waals surface area contributed by atoms with Gasteiger partial charge in [0.25, 0.3) is 0 Å². The van der Waals surface area contributed by atoms with E-state index in [0.717, 1.165) is 31.2 Å². The molecule has 5 nitrogen and oxygen atoms in total. The summed E-state index contributed by atoms with van der Waals surface area (Å²) in [6, 6.07) is 6.55. The largest absolute Gasteiger partial charge is 0.478 e. The van der Waals surface area contributed by atoms with E-state index in [2.05, 4.69) is 5.32 Å². The number of aliphatic hydroxyl groups excluding tert-OH is 1. The molecule has 3 rings (SSSR count). The van der Waals surface area contributed by atoms with Crippen LogP contribution < -0.4 is 5.32 Å². The highest BCUT2D eigenvalue weighted by Crippen LogP contribution is 2.42. The summed E-state index contributed by atoms with van der Waals surface area (Å²) >= 11 is 0. The van der Waals surface area contributed by atoms with E-state index >= 15 is 0 Å². The lowest BCUT2D eigenvalue weighted by Gasteiger charge is -2.32. The molecule has 0 aliphatic heterocycles. The maximum absolute atomic E-state index is 12.1. The molecule has 2 aliphatic rings. The molecule has 0 aromatic heterocycles. The number of aliphatic hydroxyl groups is 1. The molecule has 5 heteroatoms. The molecular formula is C17H21NO4. The number of rotatable bonds is 4. The van der Waals surface area contributed by atoms with Crippen molar-refractivity contribution < 1.29 is 19.8 Å². The number of nitrogens with one attached hydrogen (secondary N) is 1. The fraction of sp³-hybridized carbons (Fsp3) is 0.529. The normalized spacial score (nSPS) is 30.0. The number of carboxylic acids is 1. The molecule has 1 aromatic carbocycles. The fourth-order valence-corrected chi connectivity index (χ4v) is 3.84. The highest BCUT2D eigenvalue weighted by molar-refractivity contribution is 5.87. The number of hydrogen-bond acceptors (Lipinski definition) is 3. The van der Waals surface area contributed by atoms with E-state index in [-0.39, 0.29) is 30.0 Å². The summed E-state index contributed by atoms with van der Waals surface area (Å²) in [7, 11) is 0. The van der Waals surface area contributed by atoms with E-state index < -0.39 is 5.97 Å². The number of benzene rings is 1. The predicted octanol–water partition coefficient (Wildman–Crippen LogP) is 1.59. The molecule has 1 aromatic rings. The van der Waals surface area contributed by atoms with E-state index in [1.165, 1.54) is 12.1 Å². The molecule has 2 unspecified atom stereocenters. The molecule has 3 N–H and O–H groups in total. The second-order valence-electron chi connectivity index (χ2n) is 6.50. The Hall–Kier alpha value is -1.88. The SMILES string of the molecule is O=C(Cc1ccc(C(=O)O)cc1)NC1C[C@H]2CC[C@@H](C1)C2O. The van der Waals surface area contributed by atoms with Gasteiger partial charge in [0.2, 0.25) is 5.91 Å². The minimum Gasteiger partial charge on any atom is -0.478 e. The third-order valence-corrected chi connectivity index (χ3v) is 4.98. The van der Waals surface area contributed by atoms with Crippen LogP contribution in [0.2, 0.25) is 0 Å². The second kappa shape index (κ2) is 6.08. The van der Waals surface area contributed by atoms with Crippen LogP contribution in [-0.2, 0) is 11.2 Å². The van der Waals surface area contributed by atoms with Crippen LogP contribution in [0.25, 0.3) is 0 Å². The molecule has 2 aliphatic carbocycles. The number of carboxylic acid groups (broad SMARTS) is 1. The van der Waals surface area contributed by atoms with Gasteiger partial charge in [-0.1, -0.05) is 12.1 Å². The first-order valence-electron chi connectivity index (χ1n) is 7.82.